The van der Waals surface area contributed by atoms with Crippen molar-refractivity contribution >= 4 is 17.7 Å². The predicted octanol–water partition coefficient (Wildman–Crippen LogP) is 3.74. The maximum absolute atomic E-state index is 12.0. The Morgan fingerprint density at radius 2 is 2.16 bits per heavy atom. The minimum Gasteiger partial charge on any atom is -0.493 e. The van der Waals surface area contributed by atoms with Gasteiger partial charge in [0, 0.05) is 12.2 Å². The number of hydrogen-bond acceptors (Lipinski definition) is 5. The minimum absolute atomic E-state index is 0.109. The van der Waals surface area contributed by atoms with E-state index in [0.717, 1.165) is 5.75 Å². The standard InChI is InChI=1S/C19H18N2O3S/c1-13-4-6-14(7-5-13)23-9-10-25-19-16(12-20)15(11-18(22)21-19)17-3-2-8-24-17/h2-8,15H,9-11H2,1H3,(H,21,22)/t15-/m0/s1. The summed E-state index contributed by atoms with van der Waals surface area (Å²) in [5, 5.41) is 12.9. The van der Waals surface area contributed by atoms with Crippen molar-refractivity contribution in [3.8, 4) is 11.8 Å². The number of hydrogen-bond donors (Lipinski definition) is 1. The molecule has 0 fully saturated rings. The molecule has 1 aromatic carbocycles. The molecule has 0 saturated heterocycles. The van der Waals surface area contributed by atoms with Crippen LogP contribution in [0.15, 0.2) is 57.7 Å². The molecular formula is C19H18N2O3S. The molecule has 1 aliphatic rings. The van der Waals surface area contributed by atoms with Crippen molar-refractivity contribution < 1.29 is 13.9 Å². The Kier molecular flexibility index (Phi) is 5.46. The predicted molar refractivity (Wildman–Crippen MR) is 96.0 cm³/mol. The molecule has 3 rings (SSSR count). The first-order valence-electron chi connectivity index (χ1n) is 7.97. The van der Waals surface area contributed by atoms with Crippen molar-refractivity contribution in [2.45, 2.75) is 19.3 Å². The van der Waals surface area contributed by atoms with Gasteiger partial charge in [0.1, 0.15) is 11.5 Å². The summed E-state index contributed by atoms with van der Waals surface area (Å²) >= 11 is 1.42. The number of carbonyl (C=O) groups is 1. The topological polar surface area (TPSA) is 75.3 Å². The molecule has 0 spiro atoms. The van der Waals surface area contributed by atoms with Crippen LogP contribution < -0.4 is 10.1 Å². The van der Waals surface area contributed by atoms with Gasteiger partial charge in [-0.2, -0.15) is 5.26 Å². The lowest BCUT2D eigenvalue weighted by molar-refractivity contribution is -0.120. The number of aryl methyl sites for hydroxylation is 1. The van der Waals surface area contributed by atoms with E-state index in [2.05, 4.69) is 11.4 Å². The van der Waals surface area contributed by atoms with Crippen molar-refractivity contribution in [1.29, 1.82) is 5.26 Å². The lowest BCUT2D eigenvalue weighted by Gasteiger charge is -2.23. The summed E-state index contributed by atoms with van der Waals surface area (Å²) < 4.78 is 11.1. The summed E-state index contributed by atoms with van der Waals surface area (Å²) in [6.45, 7) is 2.51. The fourth-order valence-electron chi connectivity index (χ4n) is 2.60. The van der Waals surface area contributed by atoms with Gasteiger partial charge < -0.3 is 14.5 Å². The largest absolute Gasteiger partial charge is 0.493 e. The molecule has 0 saturated carbocycles. The first-order valence-corrected chi connectivity index (χ1v) is 8.95. The molecule has 6 heteroatoms. The van der Waals surface area contributed by atoms with Gasteiger partial charge >= 0.3 is 0 Å². The van der Waals surface area contributed by atoms with E-state index < -0.39 is 0 Å². The Morgan fingerprint density at radius 1 is 1.36 bits per heavy atom. The molecule has 1 N–H and O–H groups in total. The zero-order chi connectivity index (χ0) is 17.6. The van der Waals surface area contributed by atoms with Crippen molar-refractivity contribution in [2.75, 3.05) is 12.4 Å². The van der Waals surface area contributed by atoms with Crippen LogP contribution in [0, 0.1) is 18.3 Å². The number of rotatable bonds is 6. The third-order valence-corrected chi connectivity index (χ3v) is 4.84. The van der Waals surface area contributed by atoms with Gasteiger partial charge in [0.05, 0.1) is 35.5 Å². The Morgan fingerprint density at radius 3 is 2.84 bits per heavy atom. The highest BCUT2D eigenvalue weighted by atomic mass is 32.2. The van der Waals surface area contributed by atoms with Gasteiger partial charge in [0.2, 0.25) is 5.91 Å². The Hall–Kier alpha value is -2.65. The molecule has 0 radical (unpaired) electrons. The molecule has 1 atom stereocenters. The second kappa shape index (κ2) is 7.95. The third kappa shape index (κ3) is 4.25. The van der Waals surface area contributed by atoms with E-state index in [4.69, 9.17) is 9.15 Å². The highest BCUT2D eigenvalue weighted by Gasteiger charge is 2.31. The minimum atomic E-state index is -0.325. The van der Waals surface area contributed by atoms with E-state index >= 15 is 0 Å². The van der Waals surface area contributed by atoms with Gasteiger partial charge in [0.15, 0.2) is 0 Å². The van der Waals surface area contributed by atoms with E-state index in [1.165, 1.54) is 17.3 Å². The first-order chi connectivity index (χ1) is 12.2. The maximum Gasteiger partial charge on any atom is 0.225 e. The van der Waals surface area contributed by atoms with Crippen LogP contribution >= 0.6 is 11.8 Å². The highest BCUT2D eigenvalue weighted by molar-refractivity contribution is 8.03. The Balaban J connectivity index is 1.63. The fourth-order valence-corrected chi connectivity index (χ4v) is 3.50. The van der Waals surface area contributed by atoms with E-state index in [1.807, 2.05) is 31.2 Å². The molecule has 0 unspecified atom stereocenters. The smallest absolute Gasteiger partial charge is 0.225 e. The number of benzene rings is 1. The van der Waals surface area contributed by atoms with Crippen LogP contribution in [0.2, 0.25) is 0 Å². The van der Waals surface area contributed by atoms with Crippen molar-refractivity contribution in [2.24, 2.45) is 0 Å². The van der Waals surface area contributed by atoms with E-state index in [9.17, 15) is 10.1 Å². The third-order valence-electron chi connectivity index (χ3n) is 3.86. The number of nitrogens with zero attached hydrogens (tertiary/aromatic N) is 1. The van der Waals surface area contributed by atoms with E-state index in [1.54, 1.807) is 18.4 Å². The molecule has 1 amide bonds. The molecule has 5 nitrogen and oxygen atoms in total. The number of furan rings is 1. The van der Waals surface area contributed by atoms with Crippen molar-refractivity contribution in [1.82, 2.24) is 5.32 Å². The van der Waals surface area contributed by atoms with Crippen LogP contribution in [0.25, 0.3) is 0 Å². The average Bonchev–Trinajstić information content (AvgIpc) is 3.14. The monoisotopic (exact) mass is 354 g/mol. The summed E-state index contributed by atoms with van der Waals surface area (Å²) in [6.07, 6.45) is 1.78. The summed E-state index contributed by atoms with van der Waals surface area (Å²) in [6, 6.07) is 13.6. The molecule has 2 heterocycles. The van der Waals surface area contributed by atoms with Crippen molar-refractivity contribution in [3.63, 3.8) is 0 Å². The Bertz CT molecular complexity index is 804. The summed E-state index contributed by atoms with van der Waals surface area (Å²) in [5.74, 6) is 1.64. The van der Waals surface area contributed by atoms with Crippen LogP contribution in [0.3, 0.4) is 0 Å². The number of nitriles is 1. The molecule has 1 aromatic heterocycles. The summed E-state index contributed by atoms with van der Waals surface area (Å²) in [7, 11) is 0. The van der Waals surface area contributed by atoms with Gasteiger partial charge in [-0.1, -0.05) is 17.7 Å². The molecule has 0 bridgehead atoms. The lowest BCUT2D eigenvalue weighted by atomic mass is 9.92. The summed E-state index contributed by atoms with van der Waals surface area (Å²) in [5.41, 5.74) is 1.72. The van der Waals surface area contributed by atoms with E-state index in [0.29, 0.717) is 28.7 Å². The lowest BCUT2D eigenvalue weighted by Crippen LogP contribution is -2.31. The van der Waals surface area contributed by atoms with Crippen LogP contribution in [-0.4, -0.2) is 18.3 Å². The summed E-state index contributed by atoms with van der Waals surface area (Å²) in [4.78, 5) is 12.0. The van der Waals surface area contributed by atoms with Crippen LogP contribution in [-0.2, 0) is 4.79 Å². The van der Waals surface area contributed by atoms with Crippen LogP contribution in [0.5, 0.6) is 5.75 Å². The first kappa shape index (κ1) is 17.2. The maximum atomic E-state index is 12.0. The Labute approximate surface area is 150 Å². The number of allylic oxidation sites excluding steroid dienone is 1. The normalized spacial score (nSPS) is 17.1. The second-order valence-corrected chi connectivity index (χ2v) is 6.79. The molecule has 128 valence electrons. The molecular weight excluding hydrogens is 336 g/mol. The van der Waals surface area contributed by atoms with Crippen LogP contribution in [0.4, 0.5) is 0 Å². The number of ether oxygens (including phenoxy) is 1. The zero-order valence-electron chi connectivity index (χ0n) is 13.8. The van der Waals surface area contributed by atoms with Gasteiger partial charge in [0.25, 0.3) is 0 Å². The van der Waals surface area contributed by atoms with Crippen LogP contribution in [0.1, 0.15) is 23.7 Å². The fraction of sp³-hybridized carbons (Fsp3) is 0.263. The van der Waals surface area contributed by atoms with Gasteiger partial charge in [-0.3, -0.25) is 4.79 Å². The highest BCUT2D eigenvalue weighted by Crippen LogP contribution is 2.35. The van der Waals surface area contributed by atoms with Gasteiger partial charge in [-0.15, -0.1) is 11.8 Å². The molecule has 2 aromatic rings. The number of thioether (sulfide) groups is 1. The quantitative estimate of drug-likeness (QED) is 0.800. The van der Waals surface area contributed by atoms with E-state index in [-0.39, 0.29) is 18.2 Å². The number of carbonyl (C=O) groups excluding carboxylic acids is 1. The molecule has 25 heavy (non-hydrogen) atoms. The zero-order valence-corrected chi connectivity index (χ0v) is 14.6. The van der Waals surface area contributed by atoms with Crippen molar-refractivity contribution in [3.05, 3.63) is 64.6 Å². The number of nitrogens with one attached hydrogen (secondary N) is 1. The van der Waals surface area contributed by atoms with Gasteiger partial charge in [-0.25, -0.2) is 0 Å². The average molecular weight is 354 g/mol. The number of amides is 1. The molecule has 0 aliphatic carbocycles. The molecule has 1 aliphatic heterocycles. The van der Waals surface area contributed by atoms with Gasteiger partial charge in [-0.05, 0) is 31.2 Å². The SMILES string of the molecule is Cc1ccc(OCCSC2=C(C#N)[C@@H](c3ccco3)CC(=O)N2)cc1. The second-order valence-electron chi connectivity index (χ2n) is 5.68.